The van der Waals surface area contributed by atoms with Gasteiger partial charge in [0.05, 0.1) is 29.8 Å². The van der Waals surface area contributed by atoms with Crippen LogP contribution in [0.5, 0.6) is 0 Å². The average Bonchev–Trinajstić information content (AvgIpc) is 3.42. The number of hydrogen-bond acceptors (Lipinski definition) is 5. The minimum atomic E-state index is -0.240. The summed E-state index contributed by atoms with van der Waals surface area (Å²) < 4.78 is 15.8. The van der Waals surface area contributed by atoms with E-state index < -0.39 is 0 Å². The van der Waals surface area contributed by atoms with Crippen LogP contribution in [0, 0.1) is 24.6 Å². The van der Waals surface area contributed by atoms with Crippen LogP contribution in [0.1, 0.15) is 5.56 Å². The van der Waals surface area contributed by atoms with E-state index in [0.29, 0.717) is 11.1 Å². The third-order valence-corrected chi connectivity index (χ3v) is 6.41. The van der Waals surface area contributed by atoms with Crippen molar-refractivity contribution in [1.82, 2.24) is 24.9 Å². The normalized spacial score (nSPS) is 21.4. The van der Waals surface area contributed by atoms with Gasteiger partial charge in [0.15, 0.2) is 5.65 Å². The molecule has 2 unspecified atom stereocenters. The predicted octanol–water partition coefficient (Wildman–Crippen LogP) is 3.05. The topological polar surface area (TPSA) is 58.4 Å². The Balaban J connectivity index is 1.42. The van der Waals surface area contributed by atoms with Gasteiger partial charge < -0.3 is 10.2 Å². The smallest absolute Gasteiger partial charge is 0.162 e. The van der Waals surface area contributed by atoms with Gasteiger partial charge in [-0.2, -0.15) is 5.10 Å². The molecule has 7 heteroatoms. The van der Waals surface area contributed by atoms with Crippen molar-refractivity contribution in [2.45, 2.75) is 6.92 Å². The summed E-state index contributed by atoms with van der Waals surface area (Å²) in [7, 11) is 0. The maximum absolute atomic E-state index is 14.0. The van der Waals surface area contributed by atoms with Crippen LogP contribution in [0.2, 0.25) is 0 Å². The number of aryl methyl sites for hydroxylation is 1. The number of pyridine rings is 1. The summed E-state index contributed by atoms with van der Waals surface area (Å²) in [4.78, 5) is 11.5. The number of nitrogens with one attached hydrogen (secondary N) is 1. The lowest BCUT2D eigenvalue weighted by Gasteiger charge is -2.19. The van der Waals surface area contributed by atoms with E-state index in [-0.39, 0.29) is 5.82 Å². The summed E-state index contributed by atoms with van der Waals surface area (Å²) in [6.45, 7) is 6.13. The first-order valence-corrected chi connectivity index (χ1v) is 10.0. The third-order valence-electron chi connectivity index (χ3n) is 6.41. The van der Waals surface area contributed by atoms with Crippen molar-refractivity contribution < 1.29 is 4.39 Å². The Morgan fingerprint density at radius 1 is 1.07 bits per heavy atom. The van der Waals surface area contributed by atoms with E-state index in [2.05, 4.69) is 26.5 Å². The molecule has 1 aromatic carbocycles. The van der Waals surface area contributed by atoms with Gasteiger partial charge in [-0.05, 0) is 42.0 Å². The van der Waals surface area contributed by atoms with Crippen molar-refractivity contribution in [1.29, 1.82) is 0 Å². The van der Waals surface area contributed by atoms with E-state index in [1.54, 1.807) is 13.1 Å². The van der Waals surface area contributed by atoms with Crippen molar-refractivity contribution in [2.24, 2.45) is 11.8 Å². The van der Waals surface area contributed by atoms with Crippen LogP contribution in [0.25, 0.3) is 27.7 Å². The minimum Gasteiger partial charge on any atom is -0.368 e. The lowest BCUT2D eigenvalue weighted by molar-refractivity contribution is 0.533. The third kappa shape index (κ3) is 2.61. The van der Waals surface area contributed by atoms with Gasteiger partial charge in [0.25, 0.3) is 0 Å². The number of fused-ring (bicyclic) bond motifs is 3. The zero-order valence-corrected chi connectivity index (χ0v) is 16.1. The summed E-state index contributed by atoms with van der Waals surface area (Å²) in [5.41, 5.74) is 5.04. The molecule has 5 heterocycles. The summed E-state index contributed by atoms with van der Waals surface area (Å²) in [5.74, 6) is 1.21. The lowest BCUT2D eigenvalue weighted by atomic mass is 10.0. The molecule has 0 radical (unpaired) electrons. The van der Waals surface area contributed by atoms with Crippen molar-refractivity contribution >= 4 is 22.2 Å². The molecule has 0 saturated carbocycles. The molecule has 0 bridgehead atoms. The first-order valence-electron chi connectivity index (χ1n) is 10.0. The van der Waals surface area contributed by atoms with E-state index >= 15 is 0 Å². The quantitative estimate of drug-likeness (QED) is 0.572. The number of hydrogen-bond donors (Lipinski definition) is 1. The average molecular weight is 388 g/mol. The van der Waals surface area contributed by atoms with Gasteiger partial charge in [0.2, 0.25) is 0 Å². The number of benzene rings is 1. The summed E-state index contributed by atoms with van der Waals surface area (Å²) in [6.07, 6.45) is 7.56. The second kappa shape index (κ2) is 6.22. The highest BCUT2D eigenvalue weighted by molar-refractivity contribution is 5.98. The molecule has 2 saturated heterocycles. The largest absolute Gasteiger partial charge is 0.368 e. The molecule has 0 amide bonds. The van der Waals surface area contributed by atoms with Crippen LogP contribution < -0.4 is 10.2 Å². The molecule has 2 fully saturated rings. The Morgan fingerprint density at radius 3 is 2.72 bits per heavy atom. The van der Waals surface area contributed by atoms with Crippen molar-refractivity contribution in [3.8, 4) is 11.1 Å². The van der Waals surface area contributed by atoms with Gasteiger partial charge in [0, 0.05) is 49.4 Å². The molecule has 2 aliphatic heterocycles. The maximum Gasteiger partial charge on any atom is 0.162 e. The molecule has 6 rings (SSSR count). The van der Waals surface area contributed by atoms with Crippen molar-refractivity contribution in [3.05, 3.63) is 54.4 Å². The number of anilines is 1. The lowest BCUT2D eigenvalue weighted by Crippen LogP contribution is -2.25. The highest BCUT2D eigenvalue weighted by Crippen LogP contribution is 2.33. The second-order valence-electron chi connectivity index (χ2n) is 8.20. The summed E-state index contributed by atoms with van der Waals surface area (Å²) in [5, 5.41) is 8.96. The summed E-state index contributed by atoms with van der Waals surface area (Å²) >= 11 is 0. The predicted molar refractivity (Wildman–Crippen MR) is 110 cm³/mol. The Bertz CT molecular complexity index is 1240. The molecular formula is C22H21FN6. The van der Waals surface area contributed by atoms with Gasteiger partial charge >= 0.3 is 0 Å². The molecule has 146 valence electrons. The zero-order valence-electron chi connectivity index (χ0n) is 16.1. The highest BCUT2D eigenvalue weighted by atomic mass is 19.1. The first kappa shape index (κ1) is 16.9. The molecule has 6 nitrogen and oxygen atoms in total. The van der Waals surface area contributed by atoms with Gasteiger partial charge in [-0.15, -0.1) is 0 Å². The fourth-order valence-electron chi connectivity index (χ4n) is 4.79. The minimum absolute atomic E-state index is 0.240. The highest BCUT2D eigenvalue weighted by Gasteiger charge is 2.36. The van der Waals surface area contributed by atoms with Crippen molar-refractivity contribution in [2.75, 3.05) is 31.1 Å². The zero-order chi connectivity index (χ0) is 19.5. The number of aromatic nitrogens is 4. The fourth-order valence-corrected chi connectivity index (χ4v) is 4.79. The van der Waals surface area contributed by atoms with E-state index in [1.807, 2.05) is 29.0 Å². The fraction of sp³-hybridized carbons (Fsp3) is 0.318. The maximum atomic E-state index is 14.0. The van der Waals surface area contributed by atoms with E-state index in [4.69, 9.17) is 4.98 Å². The molecule has 4 aromatic rings. The SMILES string of the molecule is Cc1cc2c(-c3cnn4cc(N5CC6CNCC6C5)cnc34)ccnc2cc1F. The van der Waals surface area contributed by atoms with Gasteiger partial charge in [-0.1, -0.05) is 0 Å². The Kier molecular flexibility index (Phi) is 3.61. The molecule has 1 N–H and O–H groups in total. The van der Waals surface area contributed by atoms with Crippen LogP contribution in [0.15, 0.2) is 43.0 Å². The van der Waals surface area contributed by atoms with Crippen molar-refractivity contribution in [3.63, 3.8) is 0 Å². The number of rotatable bonds is 2. The van der Waals surface area contributed by atoms with Gasteiger partial charge in [-0.3, -0.25) is 4.98 Å². The van der Waals surface area contributed by atoms with E-state index in [0.717, 1.165) is 65.9 Å². The monoisotopic (exact) mass is 388 g/mol. The molecule has 2 atom stereocenters. The molecule has 29 heavy (non-hydrogen) atoms. The van der Waals surface area contributed by atoms with E-state index in [9.17, 15) is 4.39 Å². The number of nitrogens with zero attached hydrogens (tertiary/aromatic N) is 5. The second-order valence-corrected chi connectivity index (χ2v) is 8.20. The standard InChI is InChI=1S/C22H21FN6/c1-13-4-18-17(2-3-25-21(18)5-20(13)23)19-9-27-29-12-16(8-26-22(19)29)28-10-14-6-24-7-15(14)11-28/h2-5,8-9,12,14-15,24H,6-7,10-11H2,1H3. The van der Waals surface area contributed by atoms with Gasteiger partial charge in [-0.25, -0.2) is 13.9 Å². The van der Waals surface area contributed by atoms with Crippen LogP contribution >= 0.6 is 0 Å². The van der Waals surface area contributed by atoms with Crippen LogP contribution in [-0.4, -0.2) is 45.8 Å². The molecular weight excluding hydrogens is 367 g/mol. The Hall–Kier alpha value is -3.06. The van der Waals surface area contributed by atoms with E-state index in [1.165, 1.54) is 6.07 Å². The molecule has 2 aliphatic rings. The summed E-state index contributed by atoms with van der Waals surface area (Å²) in [6, 6.07) is 5.29. The Labute approximate surface area is 167 Å². The Morgan fingerprint density at radius 2 is 1.90 bits per heavy atom. The number of halogens is 1. The first-order chi connectivity index (χ1) is 14.2. The van der Waals surface area contributed by atoms with Crippen LogP contribution in [-0.2, 0) is 0 Å². The molecule has 0 spiro atoms. The van der Waals surface area contributed by atoms with Gasteiger partial charge in [0.1, 0.15) is 5.82 Å². The van der Waals surface area contributed by atoms with Crippen LogP contribution in [0.4, 0.5) is 10.1 Å². The molecule has 3 aromatic heterocycles. The van der Waals surface area contributed by atoms with Crippen LogP contribution in [0.3, 0.4) is 0 Å². The molecule has 0 aliphatic carbocycles.